The second-order valence-electron chi connectivity index (χ2n) is 7.40. The zero-order chi connectivity index (χ0) is 18.0. The van der Waals surface area contributed by atoms with Gasteiger partial charge in [0.05, 0.1) is 23.9 Å². The molecule has 0 N–H and O–H groups in total. The van der Waals surface area contributed by atoms with Crippen LogP contribution >= 0.6 is 0 Å². The summed E-state index contributed by atoms with van der Waals surface area (Å²) in [6.07, 6.45) is 4.27. The van der Waals surface area contributed by atoms with Gasteiger partial charge in [-0.25, -0.2) is 0 Å². The van der Waals surface area contributed by atoms with Crippen LogP contribution in [0.25, 0.3) is 0 Å². The maximum atomic E-state index is 13.0. The number of amides is 1. The number of rotatable bonds is 5. The third kappa shape index (κ3) is 3.75. The molecule has 3 heterocycles. The van der Waals surface area contributed by atoms with Crippen molar-refractivity contribution in [3.63, 3.8) is 0 Å². The van der Waals surface area contributed by atoms with E-state index in [9.17, 15) is 4.79 Å². The van der Waals surface area contributed by atoms with E-state index in [-0.39, 0.29) is 11.9 Å². The Hall–Kier alpha value is -2.17. The molecule has 0 aromatic carbocycles. The molecule has 0 unspecified atom stereocenters. The van der Waals surface area contributed by atoms with Crippen molar-refractivity contribution < 1.29 is 4.79 Å². The average Bonchev–Trinajstić information content (AvgIpc) is 3.16. The molecule has 1 aliphatic rings. The van der Waals surface area contributed by atoms with Crippen molar-refractivity contribution in [3.05, 3.63) is 47.0 Å². The van der Waals surface area contributed by atoms with Crippen molar-refractivity contribution >= 4 is 5.91 Å². The Morgan fingerprint density at radius 3 is 2.80 bits per heavy atom. The minimum Gasteiger partial charge on any atom is -0.334 e. The van der Waals surface area contributed by atoms with Crippen molar-refractivity contribution in [3.8, 4) is 0 Å². The molecule has 1 atom stereocenters. The number of aromatic nitrogens is 3. The number of hydrogen-bond acceptors (Lipinski definition) is 3. The second kappa shape index (κ2) is 7.38. The second-order valence-corrected chi connectivity index (χ2v) is 7.40. The lowest BCUT2D eigenvalue weighted by Gasteiger charge is -2.24. The van der Waals surface area contributed by atoms with Crippen molar-refractivity contribution in [2.24, 2.45) is 5.92 Å². The van der Waals surface area contributed by atoms with Gasteiger partial charge in [-0.2, -0.15) is 5.10 Å². The largest absolute Gasteiger partial charge is 0.334 e. The van der Waals surface area contributed by atoms with E-state index in [0.29, 0.717) is 12.3 Å². The molecule has 25 heavy (non-hydrogen) atoms. The summed E-state index contributed by atoms with van der Waals surface area (Å²) in [5, 5.41) is 4.64. The summed E-state index contributed by atoms with van der Waals surface area (Å²) in [5.41, 5.74) is 4.17. The van der Waals surface area contributed by atoms with Gasteiger partial charge in [-0.1, -0.05) is 19.9 Å². The van der Waals surface area contributed by atoms with Gasteiger partial charge < -0.3 is 4.90 Å². The van der Waals surface area contributed by atoms with Crippen LogP contribution in [0.4, 0.5) is 0 Å². The minimum absolute atomic E-state index is 0.111. The molecule has 0 radical (unpaired) electrons. The van der Waals surface area contributed by atoms with E-state index in [1.807, 2.05) is 34.7 Å². The number of nitrogens with zero attached hydrogens (tertiary/aromatic N) is 4. The zero-order valence-corrected chi connectivity index (χ0v) is 15.7. The van der Waals surface area contributed by atoms with Gasteiger partial charge in [-0.15, -0.1) is 0 Å². The first-order valence-corrected chi connectivity index (χ1v) is 9.20. The maximum absolute atomic E-state index is 13.0. The van der Waals surface area contributed by atoms with Gasteiger partial charge in [0.15, 0.2) is 0 Å². The van der Waals surface area contributed by atoms with Crippen LogP contribution < -0.4 is 0 Å². The predicted octanol–water partition coefficient (Wildman–Crippen LogP) is 3.46. The normalized spacial score (nSPS) is 17.5. The number of hydrogen-bond donors (Lipinski definition) is 0. The third-order valence-corrected chi connectivity index (χ3v) is 5.00. The van der Waals surface area contributed by atoms with Crippen molar-refractivity contribution in [1.82, 2.24) is 19.7 Å². The first-order chi connectivity index (χ1) is 12.0. The highest BCUT2D eigenvalue weighted by molar-refractivity contribution is 5.80. The quantitative estimate of drug-likeness (QED) is 0.837. The van der Waals surface area contributed by atoms with Gasteiger partial charge in [0.2, 0.25) is 5.91 Å². The Morgan fingerprint density at radius 2 is 2.12 bits per heavy atom. The Morgan fingerprint density at radius 1 is 1.32 bits per heavy atom. The summed E-state index contributed by atoms with van der Waals surface area (Å²) in [6, 6.07) is 6.04. The molecule has 1 amide bonds. The fourth-order valence-corrected chi connectivity index (χ4v) is 3.71. The summed E-state index contributed by atoms with van der Waals surface area (Å²) >= 11 is 0. The van der Waals surface area contributed by atoms with Crippen LogP contribution in [0.2, 0.25) is 0 Å². The standard InChI is InChI=1S/C20H28N4O/c1-14(2)13-24-16(4)17(15(3)22-24)12-20(25)23-11-7-9-19(23)18-8-5-6-10-21-18/h5-6,8,10,14,19H,7,9,11-13H2,1-4H3/t19-/m1/s1. The fraction of sp³-hybridized carbons (Fsp3) is 0.550. The van der Waals surface area contributed by atoms with Gasteiger partial charge in [0.25, 0.3) is 0 Å². The van der Waals surface area contributed by atoms with Gasteiger partial charge in [-0.3, -0.25) is 14.5 Å². The topological polar surface area (TPSA) is 51.0 Å². The molecule has 0 aliphatic carbocycles. The van der Waals surface area contributed by atoms with E-state index in [0.717, 1.165) is 48.6 Å². The Balaban J connectivity index is 1.77. The first-order valence-electron chi connectivity index (χ1n) is 9.20. The van der Waals surface area contributed by atoms with Crippen LogP contribution in [0.1, 0.15) is 55.4 Å². The summed E-state index contributed by atoms with van der Waals surface area (Å²) in [7, 11) is 0. The maximum Gasteiger partial charge on any atom is 0.227 e. The molecule has 5 nitrogen and oxygen atoms in total. The molecule has 1 fully saturated rings. The molecule has 1 aliphatic heterocycles. The first kappa shape index (κ1) is 17.6. The molecule has 134 valence electrons. The van der Waals surface area contributed by atoms with Gasteiger partial charge >= 0.3 is 0 Å². The molecule has 2 aromatic rings. The molecule has 0 saturated carbocycles. The van der Waals surface area contributed by atoms with Crippen LogP contribution in [0.3, 0.4) is 0 Å². The number of likely N-dealkylation sites (tertiary alicyclic amines) is 1. The Bertz CT molecular complexity index is 736. The molecule has 5 heteroatoms. The highest BCUT2D eigenvalue weighted by Gasteiger charge is 2.31. The predicted molar refractivity (Wildman–Crippen MR) is 98.2 cm³/mol. The lowest BCUT2D eigenvalue weighted by Crippen LogP contribution is -2.32. The van der Waals surface area contributed by atoms with Crippen LogP contribution in [0.5, 0.6) is 0 Å². The fourth-order valence-electron chi connectivity index (χ4n) is 3.71. The van der Waals surface area contributed by atoms with Gasteiger partial charge in [0.1, 0.15) is 0 Å². The number of aryl methyl sites for hydroxylation is 1. The van der Waals surface area contributed by atoms with Crippen LogP contribution in [-0.2, 0) is 17.8 Å². The lowest BCUT2D eigenvalue weighted by molar-refractivity contribution is -0.131. The molecule has 0 bridgehead atoms. The summed E-state index contributed by atoms with van der Waals surface area (Å²) in [6.45, 7) is 10.2. The average molecular weight is 340 g/mol. The van der Waals surface area contributed by atoms with Crippen LogP contribution in [0.15, 0.2) is 24.4 Å². The van der Waals surface area contributed by atoms with Crippen molar-refractivity contribution in [2.75, 3.05) is 6.54 Å². The van der Waals surface area contributed by atoms with Crippen molar-refractivity contribution in [2.45, 2.75) is 59.5 Å². The Kier molecular flexibility index (Phi) is 5.21. The van der Waals surface area contributed by atoms with Crippen LogP contribution in [0, 0.1) is 19.8 Å². The van der Waals surface area contributed by atoms with E-state index in [4.69, 9.17) is 0 Å². The zero-order valence-electron chi connectivity index (χ0n) is 15.7. The summed E-state index contributed by atoms with van der Waals surface area (Å²) < 4.78 is 2.04. The monoisotopic (exact) mass is 340 g/mol. The van der Waals surface area contributed by atoms with E-state index in [2.05, 4.69) is 30.9 Å². The highest BCUT2D eigenvalue weighted by atomic mass is 16.2. The minimum atomic E-state index is 0.111. The van der Waals surface area contributed by atoms with Crippen LogP contribution in [-0.4, -0.2) is 32.1 Å². The summed E-state index contributed by atoms with van der Waals surface area (Å²) in [5.74, 6) is 0.720. The SMILES string of the molecule is Cc1nn(CC(C)C)c(C)c1CC(=O)N1CCC[C@@H]1c1ccccn1. The van der Waals surface area contributed by atoms with E-state index >= 15 is 0 Å². The summed E-state index contributed by atoms with van der Waals surface area (Å²) in [4.78, 5) is 19.5. The molecule has 1 saturated heterocycles. The number of carbonyl (C=O) groups is 1. The number of carbonyl (C=O) groups excluding carboxylic acids is 1. The lowest BCUT2D eigenvalue weighted by atomic mass is 10.1. The highest BCUT2D eigenvalue weighted by Crippen LogP contribution is 2.31. The molecular formula is C20H28N4O. The molecule has 0 spiro atoms. The Labute approximate surface area is 150 Å². The van der Waals surface area contributed by atoms with E-state index in [1.165, 1.54) is 0 Å². The van der Waals surface area contributed by atoms with Gasteiger partial charge in [0, 0.05) is 30.5 Å². The third-order valence-electron chi connectivity index (χ3n) is 5.00. The van der Waals surface area contributed by atoms with E-state index < -0.39 is 0 Å². The number of pyridine rings is 1. The molecule has 2 aromatic heterocycles. The van der Waals surface area contributed by atoms with E-state index in [1.54, 1.807) is 6.20 Å². The molecule has 3 rings (SSSR count). The van der Waals surface area contributed by atoms with Crippen molar-refractivity contribution in [1.29, 1.82) is 0 Å². The molecular weight excluding hydrogens is 312 g/mol. The van der Waals surface area contributed by atoms with Gasteiger partial charge in [-0.05, 0) is 44.7 Å². The smallest absolute Gasteiger partial charge is 0.227 e.